The van der Waals surface area contributed by atoms with Crippen LogP contribution in [0, 0.1) is 10.8 Å². The highest BCUT2D eigenvalue weighted by molar-refractivity contribution is 5.89. The lowest BCUT2D eigenvalue weighted by Gasteiger charge is -2.59. The maximum atomic E-state index is 12.8. The summed E-state index contributed by atoms with van der Waals surface area (Å²) in [5, 5.41) is 22.3. The Hall–Kier alpha value is -2.26. The lowest BCUT2D eigenvalue weighted by Crippen LogP contribution is -2.71. The van der Waals surface area contributed by atoms with Crippen LogP contribution in [0.3, 0.4) is 0 Å². The maximum Gasteiger partial charge on any atom is 0.338 e. The Kier molecular flexibility index (Phi) is 4.80. The van der Waals surface area contributed by atoms with E-state index < -0.39 is 58.9 Å². The number of fused-ring (bicyclic) bond motifs is 2. The number of benzene rings is 1. The molecule has 32 heavy (non-hydrogen) atoms. The molecule has 8 atom stereocenters. The quantitative estimate of drug-likeness (QED) is 0.407. The average molecular weight is 444 g/mol. The van der Waals surface area contributed by atoms with Gasteiger partial charge in [-0.05, 0) is 31.1 Å². The van der Waals surface area contributed by atoms with E-state index in [9.17, 15) is 19.8 Å². The number of aliphatic hydroxyl groups excluding tert-OH is 2. The average Bonchev–Trinajstić information content (AvgIpc) is 3.53. The van der Waals surface area contributed by atoms with Gasteiger partial charge in [0.15, 0.2) is 0 Å². The number of rotatable bonds is 4. The van der Waals surface area contributed by atoms with Crippen LogP contribution in [0.15, 0.2) is 42.0 Å². The zero-order valence-electron chi connectivity index (χ0n) is 18.3. The predicted molar refractivity (Wildman–Crippen MR) is 111 cm³/mol. The van der Waals surface area contributed by atoms with Crippen LogP contribution in [0.1, 0.15) is 37.6 Å². The fourth-order valence-electron chi connectivity index (χ4n) is 6.27. The molecule has 2 aliphatic heterocycles. The first-order valence-corrected chi connectivity index (χ1v) is 10.9. The summed E-state index contributed by atoms with van der Waals surface area (Å²) >= 11 is 0. The van der Waals surface area contributed by atoms with Gasteiger partial charge in [0.1, 0.15) is 30.5 Å². The summed E-state index contributed by atoms with van der Waals surface area (Å²) < 4.78 is 23.7. The van der Waals surface area contributed by atoms with Gasteiger partial charge in [0, 0.05) is 12.3 Å². The Morgan fingerprint density at radius 1 is 1.22 bits per heavy atom. The first-order chi connectivity index (χ1) is 15.2. The van der Waals surface area contributed by atoms with E-state index in [4.69, 9.17) is 18.9 Å². The van der Waals surface area contributed by atoms with Crippen molar-refractivity contribution >= 4 is 11.9 Å². The summed E-state index contributed by atoms with van der Waals surface area (Å²) in [6.45, 7) is 5.21. The van der Waals surface area contributed by atoms with E-state index in [1.54, 1.807) is 43.3 Å². The van der Waals surface area contributed by atoms with Crippen molar-refractivity contribution in [1.29, 1.82) is 0 Å². The molecule has 172 valence electrons. The molecule has 8 nitrogen and oxygen atoms in total. The molecular weight excluding hydrogens is 416 g/mol. The number of carbonyl (C=O) groups is 2. The van der Waals surface area contributed by atoms with Crippen LogP contribution in [0.25, 0.3) is 0 Å². The summed E-state index contributed by atoms with van der Waals surface area (Å²) in [6, 6.07) is 8.60. The first-order valence-electron chi connectivity index (χ1n) is 10.9. The van der Waals surface area contributed by atoms with E-state index in [0.29, 0.717) is 24.2 Å². The summed E-state index contributed by atoms with van der Waals surface area (Å²) in [6.07, 6.45) is -2.02. The van der Waals surface area contributed by atoms with Crippen molar-refractivity contribution in [2.45, 2.75) is 63.3 Å². The molecule has 1 aromatic carbocycles. The SMILES string of the molecule is CC(=O)O[C@@H]1C[C@@]2(C)C3(CO3)C1O[C@@H]1C=C(C)[C@@H](O)[C@@H](O)[C@@]12COC(=O)c1ccccc1. The van der Waals surface area contributed by atoms with Crippen LogP contribution in [0.2, 0.25) is 0 Å². The second-order valence-corrected chi connectivity index (χ2v) is 9.62. The van der Waals surface area contributed by atoms with Crippen LogP contribution in [-0.2, 0) is 23.7 Å². The monoisotopic (exact) mass is 444 g/mol. The van der Waals surface area contributed by atoms with E-state index in [-0.39, 0.29) is 6.61 Å². The number of epoxide rings is 1. The lowest BCUT2D eigenvalue weighted by atomic mass is 9.50. The van der Waals surface area contributed by atoms with Gasteiger partial charge >= 0.3 is 11.9 Å². The number of esters is 2. The third kappa shape index (κ3) is 2.70. The Balaban J connectivity index is 1.56. The van der Waals surface area contributed by atoms with E-state index in [2.05, 4.69) is 0 Å². The van der Waals surface area contributed by atoms with E-state index in [1.807, 2.05) is 6.92 Å². The molecule has 1 aromatic rings. The van der Waals surface area contributed by atoms with Gasteiger partial charge in [-0.25, -0.2) is 4.79 Å². The van der Waals surface area contributed by atoms with Gasteiger partial charge in [0.2, 0.25) is 0 Å². The van der Waals surface area contributed by atoms with Crippen molar-refractivity contribution < 1.29 is 38.7 Å². The minimum Gasteiger partial charge on any atom is -0.461 e. The largest absolute Gasteiger partial charge is 0.461 e. The van der Waals surface area contributed by atoms with Crippen molar-refractivity contribution in [2.24, 2.45) is 10.8 Å². The van der Waals surface area contributed by atoms with E-state index in [1.165, 1.54) is 6.92 Å². The highest BCUT2D eigenvalue weighted by atomic mass is 16.7. The Bertz CT molecular complexity index is 969. The second-order valence-electron chi connectivity index (χ2n) is 9.62. The van der Waals surface area contributed by atoms with Crippen molar-refractivity contribution in [3.63, 3.8) is 0 Å². The van der Waals surface area contributed by atoms with Crippen LogP contribution >= 0.6 is 0 Å². The zero-order chi connectivity index (χ0) is 22.9. The van der Waals surface area contributed by atoms with Crippen molar-refractivity contribution in [3.05, 3.63) is 47.5 Å². The third-order valence-electron chi connectivity index (χ3n) is 8.10. The highest BCUT2D eigenvalue weighted by Gasteiger charge is 2.84. The number of ether oxygens (including phenoxy) is 4. The molecule has 8 heteroatoms. The minimum absolute atomic E-state index is 0.186. The molecule has 3 fully saturated rings. The van der Waals surface area contributed by atoms with E-state index >= 15 is 0 Å². The Labute approximate surface area is 186 Å². The number of aliphatic hydroxyl groups is 2. The summed E-state index contributed by atoms with van der Waals surface area (Å²) in [4.78, 5) is 24.6. The van der Waals surface area contributed by atoms with Gasteiger partial charge < -0.3 is 29.2 Å². The molecule has 2 bridgehead atoms. The number of carbonyl (C=O) groups excluding carboxylic acids is 2. The molecule has 2 aliphatic carbocycles. The van der Waals surface area contributed by atoms with Crippen LogP contribution in [0.5, 0.6) is 0 Å². The van der Waals surface area contributed by atoms with Gasteiger partial charge in [-0.1, -0.05) is 31.2 Å². The standard InChI is InChI=1S/C24H28O8/c1-13-9-17-23(19(27)18(13)26,11-29-21(28)15-7-5-4-6-8-15)22(3)10-16(31-14(2)25)20(32-17)24(22)12-30-24/h4-9,16-20,26-27H,10-12H2,1-3H3/t16-,17-,18-,19-,20?,22-,23-,24?/m1/s1. The van der Waals surface area contributed by atoms with Crippen molar-refractivity contribution in [2.75, 3.05) is 13.2 Å². The molecule has 2 heterocycles. The predicted octanol–water partition coefficient (Wildman–Crippen LogP) is 1.39. The first kappa shape index (κ1) is 21.6. The van der Waals surface area contributed by atoms with Crippen LogP contribution in [0.4, 0.5) is 0 Å². The Morgan fingerprint density at radius 3 is 2.53 bits per heavy atom. The van der Waals surface area contributed by atoms with Gasteiger partial charge in [0.05, 0.1) is 29.8 Å². The van der Waals surface area contributed by atoms with Gasteiger partial charge in [-0.15, -0.1) is 0 Å². The highest BCUT2D eigenvalue weighted by Crippen LogP contribution is 2.71. The van der Waals surface area contributed by atoms with Gasteiger partial charge in [0.25, 0.3) is 0 Å². The number of hydrogen-bond donors (Lipinski definition) is 2. The summed E-state index contributed by atoms with van der Waals surface area (Å²) in [5.74, 6) is -0.955. The molecular formula is C24H28O8. The Morgan fingerprint density at radius 2 is 1.91 bits per heavy atom. The molecule has 0 radical (unpaired) electrons. The fraction of sp³-hybridized carbons (Fsp3) is 0.583. The fourth-order valence-corrected chi connectivity index (χ4v) is 6.27. The third-order valence-corrected chi connectivity index (χ3v) is 8.10. The van der Waals surface area contributed by atoms with Crippen LogP contribution in [-0.4, -0.2) is 71.5 Å². The molecule has 4 aliphatic rings. The van der Waals surface area contributed by atoms with Gasteiger partial charge in [-0.3, -0.25) is 4.79 Å². The summed E-state index contributed by atoms with van der Waals surface area (Å²) in [7, 11) is 0. The molecule has 5 rings (SSSR count). The molecule has 2 N–H and O–H groups in total. The molecule has 0 amide bonds. The van der Waals surface area contributed by atoms with Crippen molar-refractivity contribution in [3.8, 4) is 0 Å². The molecule has 2 unspecified atom stereocenters. The molecule has 1 saturated carbocycles. The zero-order valence-corrected chi connectivity index (χ0v) is 18.3. The van der Waals surface area contributed by atoms with Crippen molar-refractivity contribution in [1.82, 2.24) is 0 Å². The second kappa shape index (κ2) is 7.12. The molecule has 1 spiro atoms. The minimum atomic E-state index is -1.27. The molecule has 2 saturated heterocycles. The summed E-state index contributed by atoms with van der Waals surface area (Å²) in [5.41, 5.74) is -1.81. The maximum absolute atomic E-state index is 12.8. The van der Waals surface area contributed by atoms with Crippen LogP contribution < -0.4 is 0 Å². The van der Waals surface area contributed by atoms with E-state index in [0.717, 1.165) is 0 Å². The normalized spacial score (nSPS) is 43.9. The lowest BCUT2D eigenvalue weighted by molar-refractivity contribution is -0.261. The molecule has 0 aromatic heterocycles. The van der Waals surface area contributed by atoms with Gasteiger partial charge in [-0.2, -0.15) is 0 Å². The topological polar surface area (TPSA) is 115 Å². The number of hydrogen-bond acceptors (Lipinski definition) is 8. The smallest absolute Gasteiger partial charge is 0.338 e.